The van der Waals surface area contributed by atoms with E-state index in [1.165, 1.54) is 0 Å². The molecule has 4 N–H and O–H groups in total. The van der Waals surface area contributed by atoms with Crippen LogP contribution in [0.25, 0.3) is 43.6 Å². The summed E-state index contributed by atoms with van der Waals surface area (Å²) >= 11 is 0. The fourth-order valence-corrected chi connectivity index (χ4v) is 7.87. The Morgan fingerprint density at radius 1 is 0.772 bits per heavy atom. The number of aliphatic hydroxyl groups excluding tert-OH is 1. The molecule has 0 bridgehead atoms. The molecule has 1 aliphatic rings. The third-order valence-electron chi connectivity index (χ3n) is 10.8. The molecule has 8 heteroatoms. The zero-order valence-corrected chi connectivity index (χ0v) is 32.5. The van der Waals surface area contributed by atoms with Gasteiger partial charge >= 0.3 is 5.97 Å². The average molecular weight is 764 g/mol. The number of aliphatic hydroxyl groups is 1. The third kappa shape index (κ3) is 9.58. The van der Waals surface area contributed by atoms with Crippen LogP contribution < -0.4 is 10.9 Å². The molecule has 293 valence electrons. The standard InChI is InChI=1S/C29H21N2O2.C20H30O4/c1-2-17(18-11-7-15-24-26(18)28(32)20-9-3-5-13-22(20)30-24)19-12-8-16-25-27(19)29(33)21-10-4-6-14-23(21)31-25;1-2-3-6-10-17(21)13-14-18-16(12-15-19(18)22)9-7-4-5-8-11-20(23)24/h3-17H,1-2H2,(H,30,32)(H,31,33);4,7,12-18,21H,2-3,5-6,8-11H2,1H3,(H,23,24)/b;7-4-,14-13+/t;16-,17-,18+/m.0/s1. The first-order valence-corrected chi connectivity index (χ1v) is 20.0. The van der Waals surface area contributed by atoms with E-state index in [9.17, 15) is 24.3 Å². The number of allylic oxidation sites excluding steroid dienone is 5. The van der Waals surface area contributed by atoms with Crippen LogP contribution >= 0.6 is 0 Å². The number of benzene rings is 4. The number of H-pyrrole nitrogens is 2. The van der Waals surface area contributed by atoms with Crippen molar-refractivity contribution in [2.45, 2.75) is 76.7 Å². The number of unbranched alkanes of at least 4 members (excludes halogenated alkanes) is 3. The van der Waals surface area contributed by atoms with Crippen LogP contribution in [0.1, 0.15) is 81.8 Å². The molecule has 0 fully saturated rings. The minimum Gasteiger partial charge on any atom is -0.481 e. The zero-order chi connectivity index (χ0) is 40.3. The largest absolute Gasteiger partial charge is 0.481 e. The SMILES string of the molecule is CCCCC[C@H](O)/C=C/[C@H]1C(=O)C=C[C@@H]1C/C=C\CCCC(=O)O.[CH2]CC(c1cccc2[nH]c3ccccc3c(=O)c12)c1cccc2[nH]c3ccccc3c(=O)c12. The molecule has 2 heterocycles. The Morgan fingerprint density at radius 3 is 1.91 bits per heavy atom. The summed E-state index contributed by atoms with van der Waals surface area (Å²) in [6.45, 7) is 6.34. The maximum absolute atomic E-state index is 13.6. The normalized spacial score (nSPS) is 16.1. The van der Waals surface area contributed by atoms with Gasteiger partial charge in [-0.3, -0.25) is 19.2 Å². The first-order chi connectivity index (χ1) is 27.7. The van der Waals surface area contributed by atoms with Gasteiger partial charge in [-0.05, 0) is 91.6 Å². The fourth-order valence-electron chi connectivity index (χ4n) is 7.87. The predicted octanol–water partition coefficient (Wildman–Crippen LogP) is 10.1. The molecule has 2 aromatic heterocycles. The number of ketones is 1. The van der Waals surface area contributed by atoms with Crippen LogP contribution in [0.4, 0.5) is 0 Å². The summed E-state index contributed by atoms with van der Waals surface area (Å²) in [5.74, 6) is -0.935. The number of nitrogens with one attached hydrogen (secondary N) is 2. The maximum Gasteiger partial charge on any atom is 0.303 e. The van der Waals surface area contributed by atoms with Gasteiger partial charge in [0, 0.05) is 50.8 Å². The van der Waals surface area contributed by atoms with E-state index in [0.29, 0.717) is 34.4 Å². The first-order valence-electron chi connectivity index (χ1n) is 20.0. The molecule has 1 aliphatic carbocycles. The molecule has 57 heavy (non-hydrogen) atoms. The molecule has 0 saturated heterocycles. The van der Waals surface area contributed by atoms with E-state index < -0.39 is 12.1 Å². The maximum atomic E-state index is 13.6. The first kappa shape index (κ1) is 40.8. The average Bonchev–Trinajstić information content (AvgIpc) is 3.57. The number of hydrogen-bond donors (Lipinski definition) is 4. The second-order valence-corrected chi connectivity index (χ2v) is 14.8. The number of carbonyl (C=O) groups is 2. The molecular formula is C49H51N2O6. The molecule has 0 amide bonds. The lowest BCUT2D eigenvalue weighted by molar-refractivity contribution is -0.137. The van der Waals surface area contributed by atoms with Crippen molar-refractivity contribution in [3.63, 3.8) is 0 Å². The lowest BCUT2D eigenvalue weighted by atomic mass is 9.84. The molecular weight excluding hydrogens is 713 g/mol. The monoisotopic (exact) mass is 763 g/mol. The number of fused-ring (bicyclic) bond motifs is 4. The second-order valence-electron chi connectivity index (χ2n) is 14.8. The van der Waals surface area contributed by atoms with Gasteiger partial charge in [-0.2, -0.15) is 0 Å². The molecule has 8 nitrogen and oxygen atoms in total. The topological polar surface area (TPSA) is 140 Å². The highest BCUT2D eigenvalue weighted by Gasteiger charge is 2.27. The quantitative estimate of drug-likeness (QED) is 0.0466. The summed E-state index contributed by atoms with van der Waals surface area (Å²) in [5, 5.41) is 21.1. The van der Waals surface area contributed by atoms with E-state index in [-0.39, 0.29) is 40.8 Å². The Kier molecular flexibility index (Phi) is 13.8. The summed E-state index contributed by atoms with van der Waals surface area (Å²) in [6.07, 6.45) is 17.5. The van der Waals surface area contributed by atoms with Gasteiger partial charge in [0.15, 0.2) is 16.6 Å². The highest BCUT2D eigenvalue weighted by molar-refractivity contribution is 5.97. The second kappa shape index (κ2) is 19.3. The van der Waals surface area contributed by atoms with Gasteiger partial charge < -0.3 is 20.2 Å². The van der Waals surface area contributed by atoms with Gasteiger partial charge in [0.05, 0.1) is 17.1 Å². The number of aliphatic carboxylic acids is 1. The van der Waals surface area contributed by atoms with E-state index >= 15 is 0 Å². The van der Waals surface area contributed by atoms with Gasteiger partial charge in [0.2, 0.25) is 0 Å². The van der Waals surface area contributed by atoms with Crippen molar-refractivity contribution >= 4 is 55.4 Å². The van der Waals surface area contributed by atoms with Gasteiger partial charge in [0.25, 0.3) is 0 Å². The van der Waals surface area contributed by atoms with Crippen LogP contribution in [0, 0.1) is 18.8 Å². The molecule has 0 saturated carbocycles. The lowest BCUT2D eigenvalue weighted by Gasteiger charge is -2.20. The highest BCUT2D eigenvalue weighted by Crippen LogP contribution is 2.35. The number of para-hydroxylation sites is 2. The van der Waals surface area contributed by atoms with Crippen LogP contribution in [-0.4, -0.2) is 38.0 Å². The third-order valence-corrected chi connectivity index (χ3v) is 10.8. The Bertz CT molecular complexity index is 2440. The minimum absolute atomic E-state index is 0.00649. The van der Waals surface area contributed by atoms with Crippen LogP contribution in [0.2, 0.25) is 0 Å². The molecule has 0 aliphatic heterocycles. The number of hydrogen-bond acceptors (Lipinski definition) is 5. The van der Waals surface area contributed by atoms with Crippen molar-refractivity contribution in [3.05, 3.63) is 160 Å². The van der Waals surface area contributed by atoms with E-state index in [4.69, 9.17) is 5.11 Å². The summed E-state index contributed by atoms with van der Waals surface area (Å²) in [5.41, 5.74) is 4.95. The summed E-state index contributed by atoms with van der Waals surface area (Å²) in [7, 11) is 0. The molecule has 7 rings (SSSR count). The van der Waals surface area contributed by atoms with E-state index in [1.54, 1.807) is 12.2 Å². The van der Waals surface area contributed by atoms with Crippen molar-refractivity contribution in [1.29, 1.82) is 0 Å². The van der Waals surface area contributed by atoms with Gasteiger partial charge in [-0.1, -0.05) is 112 Å². The Balaban J connectivity index is 0.000000205. The number of aromatic amines is 2. The van der Waals surface area contributed by atoms with E-state index in [1.807, 2.05) is 109 Å². The number of pyridine rings is 2. The van der Waals surface area contributed by atoms with Crippen molar-refractivity contribution < 1.29 is 19.8 Å². The molecule has 3 atom stereocenters. The Morgan fingerprint density at radius 2 is 1.35 bits per heavy atom. The van der Waals surface area contributed by atoms with Crippen LogP contribution in [0.15, 0.2) is 131 Å². The molecule has 0 unspecified atom stereocenters. The Hall–Kier alpha value is -5.86. The molecule has 4 aromatic carbocycles. The summed E-state index contributed by atoms with van der Waals surface area (Å²) < 4.78 is 0. The van der Waals surface area contributed by atoms with Crippen LogP contribution in [-0.2, 0) is 9.59 Å². The summed E-state index contributed by atoms with van der Waals surface area (Å²) in [4.78, 5) is 56.3. The van der Waals surface area contributed by atoms with Gasteiger partial charge in [0.1, 0.15) is 0 Å². The number of rotatable bonds is 15. The molecule has 0 spiro atoms. The zero-order valence-electron chi connectivity index (χ0n) is 32.5. The minimum atomic E-state index is -0.768. The fraction of sp³-hybridized carbons (Fsp3) is 0.286. The predicted molar refractivity (Wildman–Crippen MR) is 232 cm³/mol. The van der Waals surface area contributed by atoms with Crippen molar-refractivity contribution in [2.75, 3.05) is 0 Å². The van der Waals surface area contributed by atoms with Gasteiger partial charge in [-0.25, -0.2) is 0 Å². The number of carboxylic acids is 1. The number of carbonyl (C=O) groups excluding carboxylic acids is 1. The molecule has 6 aromatic rings. The van der Waals surface area contributed by atoms with E-state index in [2.05, 4.69) is 23.8 Å². The highest BCUT2D eigenvalue weighted by atomic mass is 16.4. The van der Waals surface area contributed by atoms with Crippen molar-refractivity contribution in [1.82, 2.24) is 9.97 Å². The smallest absolute Gasteiger partial charge is 0.303 e. The molecule has 1 radical (unpaired) electrons. The van der Waals surface area contributed by atoms with Gasteiger partial charge in [-0.15, -0.1) is 0 Å². The van der Waals surface area contributed by atoms with E-state index in [0.717, 1.165) is 71.7 Å². The Labute approximate surface area is 332 Å². The van der Waals surface area contributed by atoms with Crippen molar-refractivity contribution in [3.8, 4) is 0 Å². The summed E-state index contributed by atoms with van der Waals surface area (Å²) in [6, 6.07) is 26.8. The van der Waals surface area contributed by atoms with Crippen LogP contribution in [0.3, 0.4) is 0 Å². The number of aromatic nitrogens is 2. The van der Waals surface area contributed by atoms with Crippen LogP contribution in [0.5, 0.6) is 0 Å². The number of carboxylic acid groups (broad SMARTS) is 1. The lowest BCUT2D eigenvalue weighted by Crippen LogP contribution is -2.14. The van der Waals surface area contributed by atoms with Crippen molar-refractivity contribution in [2.24, 2.45) is 11.8 Å².